The van der Waals surface area contributed by atoms with Gasteiger partial charge in [0.1, 0.15) is 0 Å². The first kappa shape index (κ1) is 14.6. The van der Waals surface area contributed by atoms with Crippen LogP contribution in [0.1, 0.15) is 21.5 Å². The Kier molecular flexibility index (Phi) is 4.79. The molecule has 0 aliphatic rings. The number of amides is 1. The highest BCUT2D eigenvalue weighted by Crippen LogP contribution is 2.17. The number of halogens is 1. The number of rotatable bonds is 4. The minimum atomic E-state index is -0.105. The summed E-state index contributed by atoms with van der Waals surface area (Å²) < 4.78 is 0.807. The summed E-state index contributed by atoms with van der Waals surface area (Å²) in [5.41, 5.74) is 9.37. The highest BCUT2D eigenvalue weighted by Gasteiger charge is 2.07. The van der Waals surface area contributed by atoms with Crippen LogP contribution in [-0.4, -0.2) is 12.5 Å². The lowest BCUT2D eigenvalue weighted by Gasteiger charge is -2.08. The minimum absolute atomic E-state index is 0.105. The molecule has 0 fully saturated rings. The fourth-order valence-electron chi connectivity index (χ4n) is 2.05. The third-order valence-corrected chi connectivity index (χ3v) is 3.58. The van der Waals surface area contributed by atoms with Crippen molar-refractivity contribution < 1.29 is 4.79 Å². The van der Waals surface area contributed by atoms with E-state index < -0.39 is 0 Å². The van der Waals surface area contributed by atoms with E-state index in [1.165, 1.54) is 11.1 Å². The highest BCUT2D eigenvalue weighted by atomic mass is 79.9. The molecule has 20 heavy (non-hydrogen) atoms. The molecule has 0 aliphatic carbocycles. The summed E-state index contributed by atoms with van der Waals surface area (Å²) in [5.74, 6) is -0.105. The Morgan fingerprint density at radius 2 is 2.00 bits per heavy atom. The second-order valence-electron chi connectivity index (χ2n) is 4.71. The van der Waals surface area contributed by atoms with Crippen molar-refractivity contribution in [1.82, 2.24) is 5.32 Å². The topological polar surface area (TPSA) is 55.1 Å². The quantitative estimate of drug-likeness (QED) is 0.844. The molecule has 3 nitrogen and oxygen atoms in total. The van der Waals surface area contributed by atoms with E-state index in [9.17, 15) is 4.79 Å². The Labute approximate surface area is 127 Å². The summed E-state index contributed by atoms with van der Waals surface area (Å²) in [6.45, 7) is 2.68. The van der Waals surface area contributed by atoms with Crippen molar-refractivity contribution in [3.05, 3.63) is 63.6 Å². The van der Waals surface area contributed by atoms with Gasteiger partial charge in [-0.3, -0.25) is 4.79 Å². The maximum atomic E-state index is 12.0. The van der Waals surface area contributed by atoms with Gasteiger partial charge in [0.2, 0.25) is 0 Å². The van der Waals surface area contributed by atoms with Crippen LogP contribution < -0.4 is 11.1 Å². The fourth-order valence-corrected chi connectivity index (χ4v) is 2.56. The number of nitrogen functional groups attached to an aromatic ring is 1. The molecule has 0 saturated heterocycles. The van der Waals surface area contributed by atoms with Gasteiger partial charge in [-0.1, -0.05) is 40.2 Å². The molecule has 0 radical (unpaired) electrons. The van der Waals surface area contributed by atoms with E-state index in [0.717, 1.165) is 10.9 Å². The summed E-state index contributed by atoms with van der Waals surface area (Å²) in [4.78, 5) is 12.0. The summed E-state index contributed by atoms with van der Waals surface area (Å²) in [5, 5.41) is 2.91. The van der Waals surface area contributed by atoms with Gasteiger partial charge in [0.25, 0.3) is 5.91 Å². The van der Waals surface area contributed by atoms with Crippen molar-refractivity contribution in [3.8, 4) is 0 Å². The summed E-state index contributed by atoms with van der Waals surface area (Å²) >= 11 is 3.34. The van der Waals surface area contributed by atoms with Gasteiger partial charge in [0, 0.05) is 22.3 Å². The molecule has 0 bridgehead atoms. The van der Waals surface area contributed by atoms with E-state index in [0.29, 0.717) is 17.8 Å². The van der Waals surface area contributed by atoms with Crippen molar-refractivity contribution >= 4 is 27.5 Å². The number of aryl methyl sites for hydroxylation is 1. The van der Waals surface area contributed by atoms with Crippen molar-refractivity contribution in [3.63, 3.8) is 0 Å². The standard InChI is InChI=1S/C16H17BrN2O/c1-11-4-2-3-5-12(11)6-7-19-16(20)13-8-14(17)10-15(18)9-13/h2-5,8-10H,6-7,18H2,1H3,(H,19,20). The normalized spacial score (nSPS) is 10.3. The lowest BCUT2D eigenvalue weighted by Crippen LogP contribution is -2.26. The number of nitrogens with one attached hydrogen (secondary N) is 1. The van der Waals surface area contributed by atoms with Crippen LogP contribution in [-0.2, 0) is 6.42 Å². The molecule has 0 aromatic heterocycles. The number of benzene rings is 2. The van der Waals surface area contributed by atoms with Crippen LogP contribution in [0.5, 0.6) is 0 Å². The first-order valence-corrected chi connectivity index (χ1v) is 7.24. The van der Waals surface area contributed by atoms with Crippen molar-refractivity contribution in [1.29, 1.82) is 0 Å². The van der Waals surface area contributed by atoms with E-state index in [2.05, 4.69) is 40.3 Å². The molecule has 2 aromatic carbocycles. The molecule has 0 spiro atoms. The maximum Gasteiger partial charge on any atom is 0.251 e. The molecule has 0 aliphatic heterocycles. The molecule has 2 aromatic rings. The molecule has 104 valence electrons. The lowest BCUT2D eigenvalue weighted by molar-refractivity contribution is 0.0954. The molecule has 0 saturated carbocycles. The number of nitrogens with two attached hydrogens (primary N) is 1. The van der Waals surface area contributed by atoms with Gasteiger partial charge in [0.15, 0.2) is 0 Å². The second kappa shape index (κ2) is 6.57. The van der Waals surface area contributed by atoms with Crippen molar-refractivity contribution in [2.75, 3.05) is 12.3 Å². The van der Waals surface area contributed by atoms with Crippen molar-refractivity contribution in [2.24, 2.45) is 0 Å². The third-order valence-electron chi connectivity index (χ3n) is 3.12. The molecule has 1 amide bonds. The molecule has 0 unspecified atom stereocenters. The van der Waals surface area contributed by atoms with Gasteiger partial charge in [-0.05, 0) is 42.7 Å². The Hall–Kier alpha value is -1.81. The number of hydrogen-bond donors (Lipinski definition) is 2. The van der Waals surface area contributed by atoms with Gasteiger partial charge in [-0.25, -0.2) is 0 Å². The highest BCUT2D eigenvalue weighted by molar-refractivity contribution is 9.10. The second-order valence-corrected chi connectivity index (χ2v) is 5.62. The molecule has 4 heteroatoms. The molecule has 3 N–H and O–H groups in total. The predicted octanol–water partition coefficient (Wildman–Crippen LogP) is 3.31. The minimum Gasteiger partial charge on any atom is -0.399 e. The zero-order valence-electron chi connectivity index (χ0n) is 11.3. The number of hydrogen-bond acceptors (Lipinski definition) is 2. The summed E-state index contributed by atoms with van der Waals surface area (Å²) in [6.07, 6.45) is 0.821. The average Bonchev–Trinajstić information content (AvgIpc) is 2.39. The average molecular weight is 333 g/mol. The fraction of sp³-hybridized carbons (Fsp3) is 0.188. The van der Waals surface area contributed by atoms with Crippen LogP contribution in [0.4, 0.5) is 5.69 Å². The third kappa shape index (κ3) is 3.84. The zero-order chi connectivity index (χ0) is 14.5. The van der Waals surface area contributed by atoms with Crippen LogP contribution in [0.25, 0.3) is 0 Å². The number of carbonyl (C=O) groups is 1. The van der Waals surface area contributed by atoms with E-state index in [4.69, 9.17) is 5.73 Å². The number of anilines is 1. The van der Waals surface area contributed by atoms with Gasteiger partial charge < -0.3 is 11.1 Å². The first-order valence-electron chi connectivity index (χ1n) is 6.45. The summed E-state index contributed by atoms with van der Waals surface area (Å²) in [6, 6.07) is 13.4. The van der Waals surface area contributed by atoms with Crippen LogP contribution in [0.3, 0.4) is 0 Å². The smallest absolute Gasteiger partial charge is 0.251 e. The Balaban J connectivity index is 1.94. The Morgan fingerprint density at radius 1 is 1.25 bits per heavy atom. The van der Waals surface area contributed by atoms with Crippen LogP contribution in [0, 0.1) is 6.92 Å². The predicted molar refractivity (Wildman–Crippen MR) is 85.8 cm³/mol. The molecular formula is C16H17BrN2O. The van der Waals surface area contributed by atoms with Gasteiger partial charge in [-0.15, -0.1) is 0 Å². The Bertz CT molecular complexity index is 605. The van der Waals surface area contributed by atoms with Gasteiger partial charge in [-0.2, -0.15) is 0 Å². The van der Waals surface area contributed by atoms with E-state index >= 15 is 0 Å². The van der Waals surface area contributed by atoms with E-state index in [1.807, 2.05) is 12.1 Å². The van der Waals surface area contributed by atoms with Crippen LogP contribution >= 0.6 is 15.9 Å². The van der Waals surface area contributed by atoms with E-state index in [1.54, 1.807) is 18.2 Å². The van der Waals surface area contributed by atoms with E-state index in [-0.39, 0.29) is 5.91 Å². The largest absolute Gasteiger partial charge is 0.399 e. The SMILES string of the molecule is Cc1ccccc1CCNC(=O)c1cc(N)cc(Br)c1. The monoisotopic (exact) mass is 332 g/mol. The lowest BCUT2D eigenvalue weighted by atomic mass is 10.1. The molecule has 0 heterocycles. The van der Waals surface area contributed by atoms with Crippen LogP contribution in [0.15, 0.2) is 46.9 Å². The summed E-state index contributed by atoms with van der Waals surface area (Å²) in [7, 11) is 0. The van der Waals surface area contributed by atoms with Gasteiger partial charge in [0.05, 0.1) is 0 Å². The van der Waals surface area contributed by atoms with Crippen molar-refractivity contribution in [2.45, 2.75) is 13.3 Å². The van der Waals surface area contributed by atoms with Crippen LogP contribution in [0.2, 0.25) is 0 Å². The number of carbonyl (C=O) groups excluding carboxylic acids is 1. The van der Waals surface area contributed by atoms with Gasteiger partial charge >= 0.3 is 0 Å². The maximum absolute atomic E-state index is 12.0. The molecule has 2 rings (SSSR count). The zero-order valence-corrected chi connectivity index (χ0v) is 12.9. The molecular weight excluding hydrogens is 316 g/mol. The first-order chi connectivity index (χ1) is 9.56. The molecule has 0 atom stereocenters. The Morgan fingerprint density at radius 3 is 2.70 bits per heavy atom.